The summed E-state index contributed by atoms with van der Waals surface area (Å²) in [7, 11) is 2.16. The monoisotopic (exact) mass is 445 g/mol. The molecule has 0 aliphatic carbocycles. The molecular formula is C25H31N7O. The van der Waals surface area contributed by atoms with E-state index in [9.17, 15) is 0 Å². The number of hydrogen-bond donors (Lipinski definition) is 1. The number of nitrogens with one attached hydrogen (secondary N) is 1. The Hall–Kier alpha value is -3.10. The quantitative estimate of drug-likeness (QED) is 0.782. The zero-order chi connectivity index (χ0) is 22.6. The largest absolute Gasteiger partial charge is 0.378 e. The Morgan fingerprint density at radius 3 is 2.76 bits per heavy atom. The van der Waals surface area contributed by atoms with Crippen molar-refractivity contribution in [2.75, 3.05) is 53.0 Å². The number of aliphatic imine (C=N–C) groups is 1. The van der Waals surface area contributed by atoms with Crippen LogP contribution < -0.4 is 5.32 Å². The first kappa shape index (κ1) is 20.5. The number of rotatable bonds is 3. The van der Waals surface area contributed by atoms with Crippen LogP contribution in [-0.4, -0.2) is 89.0 Å². The van der Waals surface area contributed by atoms with Crippen molar-refractivity contribution in [2.45, 2.75) is 19.5 Å². The van der Waals surface area contributed by atoms with Gasteiger partial charge in [0.1, 0.15) is 17.4 Å². The summed E-state index contributed by atoms with van der Waals surface area (Å²) in [6, 6.07) is 10.6. The third kappa shape index (κ3) is 3.45. The van der Waals surface area contributed by atoms with Gasteiger partial charge in [0.05, 0.1) is 31.1 Å². The van der Waals surface area contributed by atoms with E-state index in [1.807, 2.05) is 10.9 Å². The van der Waals surface area contributed by atoms with Crippen molar-refractivity contribution in [3.8, 4) is 11.3 Å². The summed E-state index contributed by atoms with van der Waals surface area (Å²) in [6.07, 6.45) is 4.25. The number of nitrogens with zero attached hydrogens (tertiary/aromatic N) is 6. The molecule has 1 unspecified atom stereocenters. The number of benzene rings is 1. The van der Waals surface area contributed by atoms with E-state index in [1.165, 1.54) is 11.3 Å². The second-order valence-electron chi connectivity index (χ2n) is 9.49. The van der Waals surface area contributed by atoms with Crippen LogP contribution in [0.25, 0.3) is 17.1 Å². The fourth-order valence-electron chi connectivity index (χ4n) is 5.25. The Balaban J connectivity index is 1.42. The first-order chi connectivity index (χ1) is 16.0. The van der Waals surface area contributed by atoms with Crippen molar-refractivity contribution in [2.24, 2.45) is 4.99 Å². The predicted molar refractivity (Wildman–Crippen MR) is 129 cm³/mol. The average Bonchev–Trinajstić information content (AvgIpc) is 3.41. The molecule has 0 amide bonds. The minimum Gasteiger partial charge on any atom is -0.378 e. The highest BCUT2D eigenvalue weighted by Crippen LogP contribution is 2.39. The molecule has 33 heavy (non-hydrogen) atoms. The number of likely N-dealkylation sites (N-methyl/N-ethyl adjacent to an activating group) is 1. The van der Waals surface area contributed by atoms with Crippen molar-refractivity contribution in [1.29, 1.82) is 0 Å². The Labute approximate surface area is 194 Å². The number of aromatic nitrogens is 2. The molecule has 172 valence electrons. The van der Waals surface area contributed by atoms with Gasteiger partial charge < -0.3 is 19.9 Å². The van der Waals surface area contributed by atoms with Gasteiger partial charge in [-0.15, -0.1) is 0 Å². The minimum absolute atomic E-state index is 0.399. The first-order valence-corrected chi connectivity index (χ1v) is 11.8. The lowest BCUT2D eigenvalue weighted by molar-refractivity contribution is 0.0532. The van der Waals surface area contributed by atoms with Gasteiger partial charge in [-0.3, -0.25) is 4.90 Å². The summed E-state index contributed by atoms with van der Waals surface area (Å²) in [5.41, 5.74) is 5.21. The van der Waals surface area contributed by atoms with Crippen LogP contribution in [0.5, 0.6) is 0 Å². The van der Waals surface area contributed by atoms with E-state index in [-0.39, 0.29) is 0 Å². The van der Waals surface area contributed by atoms with Crippen LogP contribution in [0.15, 0.2) is 59.0 Å². The molecule has 1 N–H and O–H groups in total. The molecule has 4 aliphatic heterocycles. The molecule has 0 bridgehead atoms. The van der Waals surface area contributed by atoms with Crippen molar-refractivity contribution in [3.63, 3.8) is 0 Å². The van der Waals surface area contributed by atoms with Crippen LogP contribution in [0, 0.1) is 6.92 Å². The molecule has 1 aromatic heterocycles. The number of allylic oxidation sites excluding steroid dienone is 1. The van der Waals surface area contributed by atoms with Gasteiger partial charge in [-0.25, -0.2) is 9.67 Å². The van der Waals surface area contributed by atoms with Crippen LogP contribution in [-0.2, 0) is 4.74 Å². The Bertz CT molecular complexity index is 1170. The van der Waals surface area contributed by atoms with Gasteiger partial charge in [-0.2, -0.15) is 5.10 Å². The van der Waals surface area contributed by atoms with E-state index < -0.39 is 5.66 Å². The van der Waals surface area contributed by atoms with Gasteiger partial charge in [0.25, 0.3) is 0 Å². The zero-order valence-electron chi connectivity index (χ0n) is 19.6. The van der Waals surface area contributed by atoms with Crippen LogP contribution in [0.3, 0.4) is 0 Å². The first-order valence-electron chi connectivity index (χ1n) is 11.8. The van der Waals surface area contributed by atoms with Gasteiger partial charge in [0.15, 0.2) is 5.66 Å². The number of morpholine rings is 1. The highest BCUT2D eigenvalue weighted by molar-refractivity contribution is 5.90. The molecule has 4 aliphatic rings. The summed E-state index contributed by atoms with van der Waals surface area (Å²) >= 11 is 0. The maximum Gasteiger partial charge on any atom is 0.155 e. The molecule has 0 radical (unpaired) electrons. The number of dihydropyridines is 1. The number of piperazine rings is 1. The van der Waals surface area contributed by atoms with Gasteiger partial charge >= 0.3 is 0 Å². The molecular weight excluding hydrogens is 414 g/mol. The van der Waals surface area contributed by atoms with Crippen LogP contribution >= 0.6 is 0 Å². The Morgan fingerprint density at radius 1 is 1.09 bits per heavy atom. The van der Waals surface area contributed by atoms with E-state index in [0.29, 0.717) is 0 Å². The van der Waals surface area contributed by atoms with Crippen LogP contribution in [0.1, 0.15) is 12.5 Å². The van der Waals surface area contributed by atoms with Crippen LogP contribution in [0.2, 0.25) is 0 Å². The lowest BCUT2D eigenvalue weighted by atomic mass is 10.0. The summed E-state index contributed by atoms with van der Waals surface area (Å²) in [4.78, 5) is 12.3. The number of amidine groups is 1. The highest BCUT2D eigenvalue weighted by Gasteiger charge is 2.49. The second kappa shape index (κ2) is 7.74. The SMILES string of the molecule is Cc1cccc(-c2ccn(C3=CC(N4CCOCC4)=C4N=C5CN(C)CCN5C4(C)N3)n2)c1. The molecule has 8 heteroatoms. The Morgan fingerprint density at radius 2 is 1.94 bits per heavy atom. The topological polar surface area (TPSA) is 61.2 Å². The van der Waals surface area contributed by atoms with Crippen molar-refractivity contribution < 1.29 is 4.74 Å². The Kier molecular flexibility index (Phi) is 4.81. The minimum atomic E-state index is -0.399. The second-order valence-corrected chi connectivity index (χ2v) is 9.49. The average molecular weight is 446 g/mol. The van der Waals surface area contributed by atoms with E-state index in [0.717, 1.165) is 74.5 Å². The molecule has 2 saturated heterocycles. The van der Waals surface area contributed by atoms with Gasteiger partial charge in [-0.05, 0) is 33.0 Å². The molecule has 1 atom stereocenters. The summed E-state index contributed by atoms with van der Waals surface area (Å²) in [5, 5.41) is 8.75. The molecule has 0 spiro atoms. The summed E-state index contributed by atoms with van der Waals surface area (Å²) in [6.45, 7) is 10.4. The van der Waals surface area contributed by atoms with Gasteiger partial charge in [0, 0.05) is 44.0 Å². The molecule has 5 heterocycles. The van der Waals surface area contributed by atoms with Crippen molar-refractivity contribution in [3.05, 3.63) is 59.6 Å². The van der Waals surface area contributed by atoms with Gasteiger partial charge in [-0.1, -0.05) is 23.8 Å². The van der Waals surface area contributed by atoms with Gasteiger partial charge in [0.2, 0.25) is 0 Å². The van der Waals surface area contributed by atoms with Crippen molar-refractivity contribution in [1.82, 2.24) is 29.8 Å². The number of fused-ring (bicyclic) bond motifs is 3. The molecule has 8 nitrogen and oxygen atoms in total. The highest BCUT2D eigenvalue weighted by atomic mass is 16.5. The lowest BCUT2D eigenvalue weighted by Gasteiger charge is -2.46. The molecule has 2 fully saturated rings. The van der Waals surface area contributed by atoms with E-state index in [2.05, 4.69) is 77.3 Å². The molecule has 6 rings (SSSR count). The van der Waals surface area contributed by atoms with Crippen LogP contribution in [0.4, 0.5) is 0 Å². The standard InChI is InChI=1S/C25H31N7O/c1-18-5-4-6-19(15-18)20-7-8-32(28-20)22-16-21(30-11-13-33-14-12-30)24-25(2,27-22)31-10-9-29(3)17-23(31)26-24/h4-8,15-16,27H,9-14,17H2,1-3H3. The summed E-state index contributed by atoms with van der Waals surface area (Å²) in [5.74, 6) is 2.10. The maximum atomic E-state index is 5.64. The fourth-order valence-corrected chi connectivity index (χ4v) is 5.25. The van der Waals surface area contributed by atoms with E-state index in [4.69, 9.17) is 14.8 Å². The summed E-state index contributed by atoms with van der Waals surface area (Å²) < 4.78 is 7.60. The maximum absolute atomic E-state index is 5.64. The lowest BCUT2D eigenvalue weighted by Crippen LogP contribution is -2.62. The number of aryl methyl sites for hydroxylation is 1. The molecule has 1 aromatic carbocycles. The molecule has 0 saturated carbocycles. The normalized spacial score (nSPS) is 25.4. The van der Waals surface area contributed by atoms with Crippen molar-refractivity contribution >= 4 is 11.7 Å². The molecule has 2 aromatic rings. The zero-order valence-corrected chi connectivity index (χ0v) is 19.6. The smallest absolute Gasteiger partial charge is 0.155 e. The number of ether oxygens (including phenoxy) is 1. The fraction of sp³-hybridized carbons (Fsp3) is 0.440. The van der Waals surface area contributed by atoms with E-state index in [1.54, 1.807) is 0 Å². The number of hydrogen-bond acceptors (Lipinski definition) is 7. The predicted octanol–water partition coefficient (Wildman–Crippen LogP) is 2.18. The third-order valence-corrected chi connectivity index (χ3v) is 7.06. The van der Waals surface area contributed by atoms with E-state index >= 15 is 0 Å². The third-order valence-electron chi connectivity index (χ3n) is 7.06.